The molecule has 1 aliphatic heterocycles. The van der Waals surface area contributed by atoms with Gasteiger partial charge in [0.25, 0.3) is 0 Å². The number of guanidine groups is 1. The SMILES string of the molecule is CCCCCCNC(N)=NCC1CCCS1.I. The van der Waals surface area contributed by atoms with Crippen LogP contribution in [0.5, 0.6) is 0 Å². The van der Waals surface area contributed by atoms with Crippen LogP contribution < -0.4 is 11.1 Å². The van der Waals surface area contributed by atoms with Gasteiger partial charge in [-0.15, -0.1) is 24.0 Å². The van der Waals surface area contributed by atoms with E-state index in [-0.39, 0.29) is 24.0 Å². The largest absolute Gasteiger partial charge is 0.370 e. The van der Waals surface area contributed by atoms with Crippen molar-refractivity contribution in [2.45, 2.75) is 50.7 Å². The maximum Gasteiger partial charge on any atom is 0.188 e. The average Bonchev–Trinajstić information content (AvgIpc) is 2.79. The molecule has 0 bridgehead atoms. The molecule has 1 rings (SSSR count). The quantitative estimate of drug-likeness (QED) is 0.313. The predicted octanol–water partition coefficient (Wildman–Crippen LogP) is 2.98. The van der Waals surface area contributed by atoms with E-state index >= 15 is 0 Å². The summed E-state index contributed by atoms with van der Waals surface area (Å²) in [5.41, 5.74) is 5.80. The van der Waals surface area contributed by atoms with Gasteiger partial charge in [0.05, 0.1) is 6.54 Å². The third-order valence-corrected chi connectivity index (χ3v) is 4.21. The van der Waals surface area contributed by atoms with Crippen molar-refractivity contribution in [3.8, 4) is 0 Å². The van der Waals surface area contributed by atoms with Crippen molar-refractivity contribution >= 4 is 41.7 Å². The van der Waals surface area contributed by atoms with Gasteiger partial charge in [-0.2, -0.15) is 11.8 Å². The summed E-state index contributed by atoms with van der Waals surface area (Å²) in [5.74, 6) is 1.92. The van der Waals surface area contributed by atoms with Gasteiger partial charge < -0.3 is 11.1 Å². The topological polar surface area (TPSA) is 50.4 Å². The van der Waals surface area contributed by atoms with Gasteiger partial charge in [0, 0.05) is 11.8 Å². The van der Waals surface area contributed by atoms with Crippen LogP contribution in [0.15, 0.2) is 4.99 Å². The summed E-state index contributed by atoms with van der Waals surface area (Å²) >= 11 is 2.03. The first-order chi connectivity index (χ1) is 7.83. The second kappa shape index (κ2) is 11.4. The van der Waals surface area contributed by atoms with Crippen molar-refractivity contribution in [3.63, 3.8) is 0 Å². The number of halogens is 1. The molecule has 102 valence electrons. The molecule has 17 heavy (non-hydrogen) atoms. The average molecular weight is 371 g/mol. The normalized spacial score (nSPS) is 20.1. The molecule has 5 heteroatoms. The number of hydrogen-bond acceptors (Lipinski definition) is 2. The van der Waals surface area contributed by atoms with Crippen LogP contribution in [0, 0.1) is 0 Å². The van der Waals surface area contributed by atoms with E-state index in [0.717, 1.165) is 13.1 Å². The molecule has 1 unspecified atom stereocenters. The number of thioether (sulfide) groups is 1. The number of aliphatic imine (C=N–C) groups is 1. The van der Waals surface area contributed by atoms with Gasteiger partial charge >= 0.3 is 0 Å². The number of rotatable bonds is 7. The summed E-state index contributed by atoms with van der Waals surface area (Å²) in [4.78, 5) is 4.39. The zero-order valence-corrected chi connectivity index (χ0v) is 13.9. The van der Waals surface area contributed by atoms with Crippen molar-refractivity contribution in [2.75, 3.05) is 18.8 Å². The highest BCUT2D eigenvalue weighted by Crippen LogP contribution is 2.25. The second-order valence-electron chi connectivity index (χ2n) is 4.35. The number of unbranched alkanes of at least 4 members (excludes halogenated alkanes) is 3. The third-order valence-electron chi connectivity index (χ3n) is 2.83. The maximum absolute atomic E-state index is 5.80. The highest BCUT2D eigenvalue weighted by molar-refractivity contribution is 14.0. The van der Waals surface area contributed by atoms with Gasteiger partial charge in [-0.3, -0.25) is 4.99 Å². The molecular weight excluding hydrogens is 345 g/mol. The second-order valence-corrected chi connectivity index (χ2v) is 5.76. The number of nitrogens with two attached hydrogens (primary N) is 1. The first-order valence-corrected chi connectivity index (χ1v) is 7.53. The van der Waals surface area contributed by atoms with E-state index in [0.29, 0.717) is 11.2 Å². The molecule has 1 saturated heterocycles. The van der Waals surface area contributed by atoms with E-state index in [1.54, 1.807) is 0 Å². The Bertz CT molecular complexity index is 206. The van der Waals surface area contributed by atoms with Crippen molar-refractivity contribution < 1.29 is 0 Å². The zero-order chi connectivity index (χ0) is 11.6. The number of nitrogens with zero attached hydrogens (tertiary/aromatic N) is 1. The Balaban J connectivity index is 0.00000256. The fourth-order valence-corrected chi connectivity index (χ4v) is 2.99. The Morgan fingerprint density at radius 1 is 1.41 bits per heavy atom. The van der Waals surface area contributed by atoms with Crippen LogP contribution >= 0.6 is 35.7 Å². The lowest BCUT2D eigenvalue weighted by molar-refractivity contribution is 0.652. The van der Waals surface area contributed by atoms with Gasteiger partial charge in [-0.25, -0.2) is 0 Å². The maximum atomic E-state index is 5.80. The lowest BCUT2D eigenvalue weighted by atomic mass is 10.2. The molecule has 0 spiro atoms. The Labute approximate surface area is 127 Å². The van der Waals surface area contributed by atoms with Gasteiger partial charge in [0.1, 0.15) is 0 Å². The summed E-state index contributed by atoms with van der Waals surface area (Å²) in [5, 5.41) is 3.89. The van der Waals surface area contributed by atoms with Crippen LogP contribution in [-0.2, 0) is 0 Å². The summed E-state index contributed by atoms with van der Waals surface area (Å²) in [7, 11) is 0. The molecule has 1 atom stereocenters. The first-order valence-electron chi connectivity index (χ1n) is 6.48. The lowest BCUT2D eigenvalue weighted by Crippen LogP contribution is -2.33. The molecule has 1 fully saturated rings. The molecule has 0 amide bonds. The van der Waals surface area contributed by atoms with Crippen molar-refractivity contribution in [3.05, 3.63) is 0 Å². The van der Waals surface area contributed by atoms with Crippen molar-refractivity contribution in [2.24, 2.45) is 10.7 Å². The number of hydrogen-bond donors (Lipinski definition) is 2. The van der Waals surface area contributed by atoms with E-state index in [1.165, 1.54) is 44.3 Å². The molecule has 0 saturated carbocycles. The summed E-state index contributed by atoms with van der Waals surface area (Å²) in [6, 6.07) is 0. The van der Waals surface area contributed by atoms with E-state index in [2.05, 4.69) is 17.2 Å². The molecule has 0 aromatic rings. The lowest BCUT2D eigenvalue weighted by Gasteiger charge is -2.07. The number of nitrogens with one attached hydrogen (secondary N) is 1. The Morgan fingerprint density at radius 3 is 2.88 bits per heavy atom. The predicted molar refractivity (Wildman–Crippen MR) is 89.5 cm³/mol. The molecule has 1 aliphatic rings. The minimum Gasteiger partial charge on any atom is -0.370 e. The molecule has 0 radical (unpaired) electrons. The fraction of sp³-hybridized carbons (Fsp3) is 0.917. The third kappa shape index (κ3) is 8.99. The highest BCUT2D eigenvalue weighted by Gasteiger charge is 2.14. The van der Waals surface area contributed by atoms with Gasteiger partial charge in [0.15, 0.2) is 5.96 Å². The fourth-order valence-electron chi connectivity index (χ4n) is 1.81. The van der Waals surface area contributed by atoms with Crippen LogP contribution in [0.2, 0.25) is 0 Å². The molecular formula is C12H26IN3S. The molecule has 0 aromatic heterocycles. The standard InChI is InChI=1S/C12H25N3S.HI/c1-2-3-4-5-8-14-12(13)15-10-11-7-6-9-16-11;/h11H,2-10H2,1H3,(H3,13,14,15);1H. The molecule has 3 N–H and O–H groups in total. The summed E-state index contributed by atoms with van der Waals surface area (Å²) < 4.78 is 0. The van der Waals surface area contributed by atoms with Crippen LogP contribution in [0.3, 0.4) is 0 Å². The van der Waals surface area contributed by atoms with Gasteiger partial charge in [0.2, 0.25) is 0 Å². The molecule has 1 heterocycles. The smallest absolute Gasteiger partial charge is 0.188 e. The van der Waals surface area contributed by atoms with E-state index < -0.39 is 0 Å². The van der Waals surface area contributed by atoms with Crippen LogP contribution in [0.4, 0.5) is 0 Å². The molecule has 0 aliphatic carbocycles. The minimum atomic E-state index is 0. The Kier molecular flexibility index (Phi) is 11.7. The molecule has 3 nitrogen and oxygen atoms in total. The Hall–Kier alpha value is 0.350. The molecule has 0 aromatic carbocycles. The van der Waals surface area contributed by atoms with E-state index in [9.17, 15) is 0 Å². The Morgan fingerprint density at radius 2 is 2.24 bits per heavy atom. The zero-order valence-electron chi connectivity index (χ0n) is 10.8. The van der Waals surface area contributed by atoms with Crippen LogP contribution in [0.1, 0.15) is 45.4 Å². The van der Waals surface area contributed by atoms with Crippen LogP contribution in [-0.4, -0.2) is 30.1 Å². The van der Waals surface area contributed by atoms with E-state index in [4.69, 9.17) is 5.73 Å². The first kappa shape index (κ1) is 17.4. The van der Waals surface area contributed by atoms with E-state index in [1.807, 2.05) is 11.8 Å². The van der Waals surface area contributed by atoms with Crippen molar-refractivity contribution in [1.29, 1.82) is 0 Å². The van der Waals surface area contributed by atoms with Gasteiger partial charge in [-0.05, 0) is 25.0 Å². The van der Waals surface area contributed by atoms with Gasteiger partial charge in [-0.1, -0.05) is 26.2 Å². The monoisotopic (exact) mass is 371 g/mol. The highest BCUT2D eigenvalue weighted by atomic mass is 127. The summed E-state index contributed by atoms with van der Waals surface area (Å²) in [6.45, 7) is 4.08. The van der Waals surface area contributed by atoms with Crippen LogP contribution in [0.25, 0.3) is 0 Å². The van der Waals surface area contributed by atoms with Crippen molar-refractivity contribution in [1.82, 2.24) is 5.32 Å². The summed E-state index contributed by atoms with van der Waals surface area (Å²) in [6.07, 6.45) is 7.73. The minimum absolute atomic E-state index is 0.